The molecule has 0 unspecified atom stereocenters. The number of nitro groups is 1. The summed E-state index contributed by atoms with van der Waals surface area (Å²) in [5.41, 5.74) is 1.44. The van der Waals surface area contributed by atoms with Gasteiger partial charge in [-0.15, -0.1) is 11.3 Å². The molecule has 3 rings (SSSR count). The number of nitro benzene ring substituents is 1. The van der Waals surface area contributed by atoms with Gasteiger partial charge in [-0.2, -0.15) is 11.3 Å². The summed E-state index contributed by atoms with van der Waals surface area (Å²) < 4.78 is 0. The highest BCUT2D eigenvalue weighted by Gasteiger charge is 2.15. The molecule has 0 radical (unpaired) electrons. The van der Waals surface area contributed by atoms with Gasteiger partial charge in [0.25, 0.3) is 11.6 Å². The van der Waals surface area contributed by atoms with E-state index >= 15 is 0 Å². The van der Waals surface area contributed by atoms with Crippen LogP contribution in [-0.2, 0) is 6.54 Å². The monoisotopic (exact) mass is 386 g/mol. The van der Waals surface area contributed by atoms with Crippen LogP contribution in [0.5, 0.6) is 0 Å². The van der Waals surface area contributed by atoms with Crippen LogP contribution in [0.2, 0.25) is 0 Å². The second-order valence-electron chi connectivity index (χ2n) is 5.55. The van der Waals surface area contributed by atoms with Crippen molar-refractivity contribution in [2.75, 3.05) is 0 Å². The summed E-state index contributed by atoms with van der Waals surface area (Å²) in [5.74, 6) is -0.345. The molecule has 0 bridgehead atoms. The highest BCUT2D eigenvalue weighted by Crippen LogP contribution is 2.22. The Morgan fingerprint density at radius 1 is 1.15 bits per heavy atom. The van der Waals surface area contributed by atoms with Crippen LogP contribution >= 0.6 is 22.7 Å². The third kappa shape index (κ3) is 3.87. The normalized spacial score (nSPS) is 10.5. The number of carbonyl (C=O) groups is 2. The Morgan fingerprint density at radius 2 is 1.96 bits per heavy atom. The quantitative estimate of drug-likeness (QED) is 0.391. The zero-order valence-electron chi connectivity index (χ0n) is 13.7. The molecule has 2 aromatic heterocycles. The van der Waals surface area contributed by atoms with E-state index in [-0.39, 0.29) is 23.9 Å². The van der Waals surface area contributed by atoms with Gasteiger partial charge in [0.15, 0.2) is 0 Å². The highest BCUT2D eigenvalue weighted by molar-refractivity contribution is 7.14. The van der Waals surface area contributed by atoms with Crippen molar-refractivity contribution in [1.29, 1.82) is 0 Å². The van der Waals surface area contributed by atoms with Crippen LogP contribution in [0.25, 0.3) is 0 Å². The maximum Gasteiger partial charge on any atom is 0.272 e. The Bertz CT molecular complexity index is 977. The highest BCUT2D eigenvalue weighted by atomic mass is 32.1. The first kappa shape index (κ1) is 18.0. The summed E-state index contributed by atoms with van der Waals surface area (Å²) >= 11 is 2.81. The number of hydrogen-bond donors (Lipinski definition) is 1. The zero-order valence-corrected chi connectivity index (χ0v) is 15.4. The molecule has 0 saturated heterocycles. The van der Waals surface area contributed by atoms with Gasteiger partial charge in [-0.1, -0.05) is 0 Å². The second-order valence-corrected chi connectivity index (χ2v) is 7.50. The summed E-state index contributed by atoms with van der Waals surface area (Å²) in [6.45, 7) is 1.88. The number of nitrogens with zero attached hydrogens (tertiary/aromatic N) is 1. The average Bonchev–Trinajstić information content (AvgIpc) is 3.30. The van der Waals surface area contributed by atoms with Crippen molar-refractivity contribution in [1.82, 2.24) is 5.32 Å². The predicted octanol–water partition coefficient (Wildman–Crippen LogP) is 4.19. The van der Waals surface area contributed by atoms with Gasteiger partial charge in [0.1, 0.15) is 0 Å². The minimum Gasteiger partial charge on any atom is -0.347 e. The molecule has 1 aromatic carbocycles. The molecule has 0 aliphatic carbocycles. The maximum absolute atomic E-state index is 12.3. The van der Waals surface area contributed by atoms with E-state index in [1.807, 2.05) is 11.4 Å². The van der Waals surface area contributed by atoms with Crippen molar-refractivity contribution < 1.29 is 14.5 Å². The van der Waals surface area contributed by atoms with Crippen LogP contribution in [-0.4, -0.2) is 16.6 Å². The number of hydrogen-bond acceptors (Lipinski definition) is 6. The smallest absolute Gasteiger partial charge is 0.272 e. The van der Waals surface area contributed by atoms with Gasteiger partial charge < -0.3 is 5.32 Å². The predicted molar refractivity (Wildman–Crippen MR) is 101 cm³/mol. The van der Waals surface area contributed by atoms with Crippen molar-refractivity contribution in [3.63, 3.8) is 0 Å². The van der Waals surface area contributed by atoms with E-state index < -0.39 is 4.92 Å². The number of carbonyl (C=O) groups excluding carboxylic acids is 2. The number of thiophene rings is 2. The van der Waals surface area contributed by atoms with Gasteiger partial charge in [0.05, 0.1) is 16.3 Å². The van der Waals surface area contributed by atoms with Gasteiger partial charge in [-0.25, -0.2) is 0 Å². The lowest BCUT2D eigenvalue weighted by molar-refractivity contribution is -0.385. The molecule has 132 valence electrons. The largest absolute Gasteiger partial charge is 0.347 e. The number of aryl methyl sites for hydroxylation is 1. The molecular formula is C18H14N2O4S2. The van der Waals surface area contributed by atoms with E-state index in [4.69, 9.17) is 0 Å². The summed E-state index contributed by atoms with van der Waals surface area (Å²) in [6.07, 6.45) is 0. The van der Waals surface area contributed by atoms with Gasteiger partial charge in [0, 0.05) is 33.0 Å². The van der Waals surface area contributed by atoms with Gasteiger partial charge in [-0.3, -0.25) is 19.7 Å². The van der Waals surface area contributed by atoms with E-state index in [0.717, 1.165) is 4.88 Å². The minimum atomic E-state index is -0.477. The van der Waals surface area contributed by atoms with Crippen LogP contribution in [0.3, 0.4) is 0 Å². The van der Waals surface area contributed by atoms with E-state index in [9.17, 15) is 19.7 Å². The number of rotatable bonds is 6. The van der Waals surface area contributed by atoms with Gasteiger partial charge in [0.2, 0.25) is 5.78 Å². The molecule has 1 amide bonds. The summed E-state index contributed by atoms with van der Waals surface area (Å²) in [4.78, 5) is 36.4. The number of ketones is 1. The third-order valence-corrected chi connectivity index (χ3v) is 5.51. The Kier molecular flexibility index (Phi) is 5.24. The SMILES string of the molecule is Cc1cc(C(=O)NCc2ccc(C(=O)c3ccsc3)s2)ccc1[N+](=O)[O-]. The molecule has 0 atom stereocenters. The van der Waals surface area contributed by atoms with Crippen LogP contribution in [0.15, 0.2) is 47.2 Å². The van der Waals surface area contributed by atoms with E-state index in [1.54, 1.807) is 24.4 Å². The maximum atomic E-state index is 12.3. The topological polar surface area (TPSA) is 89.3 Å². The Hall–Kier alpha value is -2.84. The summed E-state index contributed by atoms with van der Waals surface area (Å²) in [6, 6.07) is 9.60. The lowest BCUT2D eigenvalue weighted by Crippen LogP contribution is -2.22. The Labute approximate surface area is 157 Å². The molecule has 8 heteroatoms. The van der Waals surface area contributed by atoms with E-state index in [2.05, 4.69) is 5.32 Å². The van der Waals surface area contributed by atoms with Crippen molar-refractivity contribution in [3.8, 4) is 0 Å². The molecule has 0 saturated carbocycles. The molecule has 0 aliphatic heterocycles. The molecular weight excluding hydrogens is 372 g/mol. The standard InChI is InChI=1S/C18H14N2O4S2/c1-11-8-12(2-4-15(11)20(23)24)18(22)19-9-14-3-5-16(26-14)17(21)13-6-7-25-10-13/h2-8,10H,9H2,1H3,(H,19,22). The van der Waals surface area contributed by atoms with Crippen LogP contribution in [0.1, 0.15) is 36.0 Å². The lowest BCUT2D eigenvalue weighted by atomic mass is 10.1. The van der Waals surface area contributed by atoms with Crippen LogP contribution < -0.4 is 5.32 Å². The zero-order chi connectivity index (χ0) is 18.7. The molecule has 0 aliphatic rings. The molecule has 1 N–H and O–H groups in total. The molecule has 3 aromatic rings. The number of amides is 1. The molecule has 6 nitrogen and oxygen atoms in total. The first-order chi connectivity index (χ1) is 12.5. The fourth-order valence-electron chi connectivity index (χ4n) is 2.40. The molecule has 0 spiro atoms. The third-order valence-electron chi connectivity index (χ3n) is 3.75. The van der Waals surface area contributed by atoms with Gasteiger partial charge >= 0.3 is 0 Å². The Morgan fingerprint density at radius 3 is 2.62 bits per heavy atom. The van der Waals surface area contributed by atoms with Crippen LogP contribution in [0.4, 0.5) is 5.69 Å². The van der Waals surface area contributed by atoms with Crippen molar-refractivity contribution in [2.24, 2.45) is 0 Å². The molecule has 0 fully saturated rings. The van der Waals surface area contributed by atoms with Crippen molar-refractivity contribution in [3.05, 3.63) is 83.7 Å². The molecule has 2 heterocycles. The number of benzene rings is 1. The van der Waals surface area contributed by atoms with E-state index in [0.29, 0.717) is 21.6 Å². The first-order valence-corrected chi connectivity index (χ1v) is 9.40. The second kappa shape index (κ2) is 7.59. The van der Waals surface area contributed by atoms with Crippen LogP contribution in [0, 0.1) is 17.0 Å². The Balaban J connectivity index is 1.64. The fourth-order valence-corrected chi connectivity index (χ4v) is 3.95. The van der Waals surface area contributed by atoms with Crippen molar-refractivity contribution >= 4 is 40.1 Å². The fraction of sp³-hybridized carbons (Fsp3) is 0.111. The average molecular weight is 386 g/mol. The minimum absolute atomic E-state index is 0.0172. The van der Waals surface area contributed by atoms with E-state index in [1.165, 1.54) is 40.9 Å². The molecule has 26 heavy (non-hydrogen) atoms. The van der Waals surface area contributed by atoms with Crippen molar-refractivity contribution in [2.45, 2.75) is 13.5 Å². The first-order valence-electron chi connectivity index (χ1n) is 7.64. The summed E-state index contributed by atoms with van der Waals surface area (Å²) in [5, 5.41) is 17.3. The lowest BCUT2D eigenvalue weighted by Gasteiger charge is -2.05. The number of nitrogens with one attached hydrogen (secondary N) is 1. The summed E-state index contributed by atoms with van der Waals surface area (Å²) in [7, 11) is 0. The van der Waals surface area contributed by atoms with Gasteiger partial charge in [-0.05, 0) is 42.6 Å².